The SMILES string of the molecule is C=C(O)Oc1ccc(O)cc1. The maximum atomic E-state index is 8.85. The molecule has 0 atom stereocenters. The van der Waals surface area contributed by atoms with Crippen LogP contribution in [0.3, 0.4) is 0 Å². The monoisotopic (exact) mass is 152 g/mol. The first kappa shape index (κ1) is 7.47. The van der Waals surface area contributed by atoms with Gasteiger partial charge in [-0.05, 0) is 30.8 Å². The molecule has 58 valence electrons. The van der Waals surface area contributed by atoms with Crippen molar-refractivity contribution < 1.29 is 14.9 Å². The Morgan fingerprint density at radius 1 is 1.27 bits per heavy atom. The number of rotatable bonds is 2. The van der Waals surface area contributed by atoms with E-state index in [9.17, 15) is 0 Å². The third kappa shape index (κ3) is 2.21. The smallest absolute Gasteiger partial charge is 0.274 e. The van der Waals surface area contributed by atoms with Gasteiger partial charge in [0.05, 0.1) is 0 Å². The molecule has 2 N–H and O–H groups in total. The molecule has 0 aromatic heterocycles. The molecular weight excluding hydrogens is 144 g/mol. The van der Waals surface area contributed by atoms with Gasteiger partial charge in [0.1, 0.15) is 11.5 Å². The predicted molar refractivity (Wildman–Crippen MR) is 40.5 cm³/mol. The Hall–Kier alpha value is -1.64. The molecule has 0 aliphatic carbocycles. The van der Waals surface area contributed by atoms with Crippen LogP contribution >= 0.6 is 0 Å². The zero-order valence-electron chi connectivity index (χ0n) is 5.82. The predicted octanol–water partition coefficient (Wildman–Crippen LogP) is 1.80. The van der Waals surface area contributed by atoms with Crippen molar-refractivity contribution in [2.75, 3.05) is 0 Å². The van der Waals surface area contributed by atoms with Crippen LogP contribution in [-0.2, 0) is 0 Å². The lowest BCUT2D eigenvalue weighted by Crippen LogP contribution is -1.90. The van der Waals surface area contributed by atoms with Crippen molar-refractivity contribution in [2.24, 2.45) is 0 Å². The van der Waals surface area contributed by atoms with Gasteiger partial charge in [0, 0.05) is 0 Å². The Bertz CT molecular complexity index is 251. The standard InChI is InChI=1S/C8H8O3/c1-6(9)11-8-4-2-7(10)3-5-8/h2-5,9-10H,1H2. The number of ether oxygens (including phenoxy) is 1. The minimum atomic E-state index is -0.365. The molecule has 1 rings (SSSR count). The average molecular weight is 152 g/mol. The quantitative estimate of drug-likeness (QED) is 0.635. The van der Waals surface area contributed by atoms with Crippen molar-refractivity contribution in [3.05, 3.63) is 36.8 Å². The van der Waals surface area contributed by atoms with Gasteiger partial charge in [-0.2, -0.15) is 0 Å². The van der Waals surface area contributed by atoms with Gasteiger partial charge in [0.2, 0.25) is 0 Å². The molecule has 3 nitrogen and oxygen atoms in total. The summed E-state index contributed by atoms with van der Waals surface area (Å²) in [5.74, 6) is 0.229. The van der Waals surface area contributed by atoms with E-state index in [1.54, 1.807) is 0 Å². The lowest BCUT2D eigenvalue weighted by atomic mass is 10.3. The van der Waals surface area contributed by atoms with E-state index in [0.29, 0.717) is 5.75 Å². The second-order valence-electron chi connectivity index (χ2n) is 1.99. The number of benzene rings is 1. The van der Waals surface area contributed by atoms with Gasteiger partial charge in [-0.15, -0.1) is 0 Å². The van der Waals surface area contributed by atoms with Crippen molar-refractivity contribution in [3.8, 4) is 11.5 Å². The minimum absolute atomic E-state index is 0.154. The van der Waals surface area contributed by atoms with Gasteiger partial charge in [-0.25, -0.2) is 0 Å². The van der Waals surface area contributed by atoms with E-state index in [-0.39, 0.29) is 11.7 Å². The van der Waals surface area contributed by atoms with E-state index in [1.165, 1.54) is 24.3 Å². The summed E-state index contributed by atoms with van der Waals surface area (Å²) >= 11 is 0. The summed E-state index contributed by atoms with van der Waals surface area (Å²) in [5.41, 5.74) is 0. The van der Waals surface area contributed by atoms with E-state index in [4.69, 9.17) is 14.9 Å². The minimum Gasteiger partial charge on any atom is -0.508 e. The Morgan fingerprint density at radius 2 is 1.82 bits per heavy atom. The van der Waals surface area contributed by atoms with Crippen LogP contribution in [0.1, 0.15) is 0 Å². The first-order chi connectivity index (χ1) is 5.18. The second-order valence-corrected chi connectivity index (χ2v) is 1.99. The van der Waals surface area contributed by atoms with Crippen LogP contribution in [0.5, 0.6) is 11.5 Å². The van der Waals surface area contributed by atoms with E-state index in [2.05, 4.69) is 6.58 Å². The molecule has 0 unspecified atom stereocenters. The summed E-state index contributed by atoms with van der Waals surface area (Å²) in [7, 11) is 0. The van der Waals surface area contributed by atoms with E-state index in [1.807, 2.05) is 0 Å². The summed E-state index contributed by atoms with van der Waals surface area (Å²) < 4.78 is 4.72. The van der Waals surface area contributed by atoms with E-state index >= 15 is 0 Å². The van der Waals surface area contributed by atoms with Crippen LogP contribution in [0.2, 0.25) is 0 Å². The normalized spacial score (nSPS) is 9.09. The number of hydrogen-bond acceptors (Lipinski definition) is 3. The van der Waals surface area contributed by atoms with E-state index in [0.717, 1.165) is 0 Å². The molecule has 0 saturated heterocycles. The van der Waals surface area contributed by atoms with Crippen molar-refractivity contribution >= 4 is 0 Å². The zero-order valence-corrected chi connectivity index (χ0v) is 5.82. The van der Waals surface area contributed by atoms with Crippen LogP contribution in [0.4, 0.5) is 0 Å². The van der Waals surface area contributed by atoms with Gasteiger partial charge in [-0.1, -0.05) is 0 Å². The average Bonchev–Trinajstić information content (AvgIpc) is 1.93. The molecule has 0 fully saturated rings. The molecule has 0 radical (unpaired) electrons. The van der Waals surface area contributed by atoms with Crippen LogP contribution in [0.25, 0.3) is 0 Å². The van der Waals surface area contributed by atoms with Crippen molar-refractivity contribution in [1.29, 1.82) is 0 Å². The van der Waals surface area contributed by atoms with Crippen molar-refractivity contribution in [2.45, 2.75) is 0 Å². The largest absolute Gasteiger partial charge is 0.508 e. The molecule has 0 spiro atoms. The number of phenolic OH excluding ortho intramolecular Hbond substituents is 1. The van der Waals surface area contributed by atoms with Crippen LogP contribution in [-0.4, -0.2) is 10.2 Å². The second kappa shape index (κ2) is 2.96. The third-order valence-corrected chi connectivity index (χ3v) is 1.07. The highest BCUT2D eigenvalue weighted by molar-refractivity contribution is 5.30. The molecule has 0 saturated carbocycles. The molecule has 1 aromatic carbocycles. The molecule has 0 heterocycles. The molecule has 0 aliphatic heterocycles. The molecule has 11 heavy (non-hydrogen) atoms. The van der Waals surface area contributed by atoms with Crippen LogP contribution in [0.15, 0.2) is 36.8 Å². The summed E-state index contributed by atoms with van der Waals surface area (Å²) in [4.78, 5) is 0. The Kier molecular flexibility index (Phi) is 2.01. The van der Waals surface area contributed by atoms with Gasteiger partial charge in [0.15, 0.2) is 0 Å². The highest BCUT2D eigenvalue weighted by Gasteiger charge is 1.93. The molecule has 3 heteroatoms. The van der Waals surface area contributed by atoms with Crippen molar-refractivity contribution in [1.82, 2.24) is 0 Å². The first-order valence-corrected chi connectivity index (χ1v) is 3.03. The fraction of sp³-hybridized carbons (Fsp3) is 0. The van der Waals surface area contributed by atoms with Crippen LogP contribution < -0.4 is 4.74 Å². The summed E-state index contributed by atoms with van der Waals surface area (Å²) in [6.45, 7) is 3.14. The number of aliphatic hydroxyl groups is 1. The summed E-state index contributed by atoms with van der Waals surface area (Å²) in [6, 6.07) is 5.96. The Balaban J connectivity index is 2.74. The molecular formula is C8H8O3. The highest BCUT2D eigenvalue weighted by atomic mass is 16.6. The van der Waals surface area contributed by atoms with Gasteiger partial charge >= 0.3 is 0 Å². The lowest BCUT2D eigenvalue weighted by Gasteiger charge is -2.01. The number of hydrogen-bond donors (Lipinski definition) is 2. The molecule has 0 bridgehead atoms. The maximum Gasteiger partial charge on any atom is 0.274 e. The topological polar surface area (TPSA) is 49.7 Å². The lowest BCUT2D eigenvalue weighted by molar-refractivity contribution is 0.211. The third-order valence-electron chi connectivity index (χ3n) is 1.07. The summed E-state index contributed by atoms with van der Waals surface area (Å²) in [6.07, 6.45) is 0. The number of aliphatic hydroxyl groups excluding tert-OH is 1. The number of aromatic hydroxyl groups is 1. The Labute approximate surface area is 64.2 Å². The van der Waals surface area contributed by atoms with Gasteiger partial charge in [-0.3, -0.25) is 0 Å². The summed E-state index contributed by atoms with van der Waals surface area (Å²) in [5, 5.41) is 17.4. The van der Waals surface area contributed by atoms with Gasteiger partial charge < -0.3 is 14.9 Å². The highest BCUT2D eigenvalue weighted by Crippen LogP contribution is 2.16. The fourth-order valence-corrected chi connectivity index (χ4v) is 0.650. The molecule has 1 aromatic rings. The maximum absolute atomic E-state index is 8.85. The Morgan fingerprint density at radius 3 is 2.27 bits per heavy atom. The van der Waals surface area contributed by atoms with E-state index < -0.39 is 0 Å². The fourth-order valence-electron chi connectivity index (χ4n) is 0.650. The first-order valence-electron chi connectivity index (χ1n) is 3.03. The van der Waals surface area contributed by atoms with Gasteiger partial charge in [0.25, 0.3) is 5.95 Å². The molecule has 0 amide bonds. The van der Waals surface area contributed by atoms with Crippen LogP contribution in [0, 0.1) is 0 Å². The zero-order chi connectivity index (χ0) is 8.27. The molecule has 0 aliphatic rings. The van der Waals surface area contributed by atoms with Crippen molar-refractivity contribution in [3.63, 3.8) is 0 Å². The number of phenols is 1.